The molecule has 0 spiro atoms. The van der Waals surface area contributed by atoms with Crippen molar-refractivity contribution in [3.63, 3.8) is 0 Å². The van der Waals surface area contributed by atoms with Crippen LogP contribution in [0.5, 0.6) is 0 Å². The van der Waals surface area contributed by atoms with Crippen LogP contribution in [-0.4, -0.2) is 19.2 Å². The van der Waals surface area contributed by atoms with Crippen molar-refractivity contribution in [2.45, 2.75) is 32.3 Å². The summed E-state index contributed by atoms with van der Waals surface area (Å²) < 4.78 is 5.27. The van der Waals surface area contributed by atoms with Crippen LogP contribution in [0.15, 0.2) is 59.7 Å². The fraction of sp³-hybridized carbons (Fsp3) is 0.300. The second-order valence-corrected chi connectivity index (χ2v) is 6.63. The third kappa shape index (κ3) is 4.77. The summed E-state index contributed by atoms with van der Waals surface area (Å²) in [6.07, 6.45) is 0.953. The molecule has 0 fully saturated rings. The van der Waals surface area contributed by atoms with Gasteiger partial charge in [-0.15, -0.1) is 0 Å². The SMILES string of the molecule is CO[C@H](C(=O)N/N=C\c1ccc(C(C)(C)C)cc1)c1ccccc1. The maximum absolute atomic E-state index is 12.2. The molecule has 0 aliphatic heterocycles. The van der Waals surface area contributed by atoms with Crippen LogP contribution in [0.25, 0.3) is 0 Å². The number of nitrogens with one attached hydrogen (secondary N) is 1. The molecule has 2 aromatic carbocycles. The topological polar surface area (TPSA) is 50.7 Å². The molecule has 126 valence electrons. The fourth-order valence-corrected chi connectivity index (χ4v) is 2.32. The van der Waals surface area contributed by atoms with Gasteiger partial charge in [0.1, 0.15) is 0 Å². The normalized spacial score (nSPS) is 13.0. The Bertz CT molecular complexity index is 686. The number of hydrogen-bond acceptors (Lipinski definition) is 3. The highest BCUT2D eigenvalue weighted by atomic mass is 16.5. The van der Waals surface area contributed by atoms with Gasteiger partial charge < -0.3 is 4.74 Å². The molecule has 1 amide bonds. The highest BCUT2D eigenvalue weighted by molar-refractivity contribution is 5.85. The zero-order valence-corrected chi connectivity index (χ0v) is 14.6. The van der Waals surface area contributed by atoms with Gasteiger partial charge in [0.25, 0.3) is 5.91 Å². The van der Waals surface area contributed by atoms with Gasteiger partial charge in [-0.3, -0.25) is 4.79 Å². The van der Waals surface area contributed by atoms with E-state index in [0.29, 0.717) is 0 Å². The average molecular weight is 324 g/mol. The molecule has 0 aromatic heterocycles. The van der Waals surface area contributed by atoms with Gasteiger partial charge in [0, 0.05) is 7.11 Å². The van der Waals surface area contributed by atoms with Crippen LogP contribution in [0, 0.1) is 0 Å². The maximum Gasteiger partial charge on any atom is 0.273 e. The minimum Gasteiger partial charge on any atom is -0.367 e. The molecule has 0 saturated carbocycles. The molecule has 0 heterocycles. The summed E-state index contributed by atoms with van der Waals surface area (Å²) in [4.78, 5) is 12.2. The van der Waals surface area contributed by atoms with Crippen LogP contribution in [0.1, 0.15) is 43.6 Å². The summed E-state index contributed by atoms with van der Waals surface area (Å²) >= 11 is 0. The number of ether oxygens (including phenoxy) is 1. The average Bonchev–Trinajstić information content (AvgIpc) is 2.56. The Hall–Kier alpha value is -2.46. The smallest absolute Gasteiger partial charge is 0.273 e. The van der Waals surface area contributed by atoms with Gasteiger partial charge >= 0.3 is 0 Å². The van der Waals surface area contributed by atoms with E-state index in [4.69, 9.17) is 4.74 Å². The van der Waals surface area contributed by atoms with Crippen molar-refractivity contribution >= 4 is 12.1 Å². The number of methoxy groups -OCH3 is 1. The van der Waals surface area contributed by atoms with Crippen molar-refractivity contribution in [2.24, 2.45) is 5.10 Å². The Balaban J connectivity index is 1.99. The molecule has 2 rings (SSSR count). The van der Waals surface area contributed by atoms with E-state index in [0.717, 1.165) is 11.1 Å². The van der Waals surface area contributed by atoms with Crippen molar-refractivity contribution in [3.05, 3.63) is 71.3 Å². The molecule has 4 heteroatoms. The number of carbonyl (C=O) groups excluding carboxylic acids is 1. The third-order valence-corrected chi connectivity index (χ3v) is 3.74. The zero-order chi connectivity index (χ0) is 17.6. The van der Waals surface area contributed by atoms with E-state index in [1.165, 1.54) is 12.7 Å². The summed E-state index contributed by atoms with van der Waals surface area (Å²) in [5.41, 5.74) is 5.63. The van der Waals surface area contributed by atoms with Gasteiger partial charge in [-0.05, 0) is 22.1 Å². The first-order valence-electron chi connectivity index (χ1n) is 7.93. The summed E-state index contributed by atoms with van der Waals surface area (Å²) in [6.45, 7) is 6.51. The lowest BCUT2D eigenvalue weighted by Gasteiger charge is -2.18. The molecule has 24 heavy (non-hydrogen) atoms. The van der Waals surface area contributed by atoms with Crippen LogP contribution < -0.4 is 5.43 Å². The van der Waals surface area contributed by atoms with Crippen LogP contribution in [-0.2, 0) is 14.9 Å². The lowest BCUT2D eigenvalue weighted by atomic mass is 9.87. The summed E-state index contributed by atoms with van der Waals surface area (Å²) in [5, 5.41) is 4.02. The van der Waals surface area contributed by atoms with Crippen LogP contribution in [0.3, 0.4) is 0 Å². The van der Waals surface area contributed by atoms with Gasteiger partial charge in [-0.2, -0.15) is 5.10 Å². The highest BCUT2D eigenvalue weighted by Gasteiger charge is 2.19. The number of hydrogen-bond donors (Lipinski definition) is 1. The quantitative estimate of drug-likeness (QED) is 0.671. The fourth-order valence-electron chi connectivity index (χ4n) is 2.32. The molecular formula is C20H24N2O2. The lowest BCUT2D eigenvalue weighted by molar-refractivity contribution is -0.131. The van der Waals surface area contributed by atoms with E-state index in [1.54, 1.807) is 6.21 Å². The van der Waals surface area contributed by atoms with Crippen molar-refractivity contribution in [1.29, 1.82) is 0 Å². The van der Waals surface area contributed by atoms with Gasteiger partial charge in [-0.25, -0.2) is 5.43 Å². The molecule has 1 N–H and O–H groups in total. The molecule has 4 nitrogen and oxygen atoms in total. The van der Waals surface area contributed by atoms with Crippen molar-refractivity contribution in [3.8, 4) is 0 Å². The predicted molar refractivity (Wildman–Crippen MR) is 97.1 cm³/mol. The van der Waals surface area contributed by atoms with E-state index in [9.17, 15) is 4.79 Å². The monoisotopic (exact) mass is 324 g/mol. The van der Waals surface area contributed by atoms with Gasteiger partial charge in [-0.1, -0.05) is 75.4 Å². The maximum atomic E-state index is 12.2. The van der Waals surface area contributed by atoms with E-state index >= 15 is 0 Å². The zero-order valence-electron chi connectivity index (χ0n) is 14.6. The van der Waals surface area contributed by atoms with E-state index < -0.39 is 6.10 Å². The van der Waals surface area contributed by atoms with Crippen molar-refractivity contribution in [2.75, 3.05) is 7.11 Å². The van der Waals surface area contributed by atoms with E-state index in [-0.39, 0.29) is 11.3 Å². The molecule has 0 aliphatic rings. The Morgan fingerprint density at radius 1 is 1.08 bits per heavy atom. The highest BCUT2D eigenvalue weighted by Crippen LogP contribution is 2.21. The lowest BCUT2D eigenvalue weighted by Crippen LogP contribution is -2.26. The standard InChI is InChI=1S/C20H24N2O2/c1-20(2,3)17-12-10-15(11-13-17)14-21-22-19(23)18(24-4)16-8-6-5-7-9-16/h5-14,18H,1-4H3,(H,22,23)/b21-14-/t18-/m0/s1. The first-order chi connectivity index (χ1) is 11.4. The molecule has 0 aliphatic carbocycles. The van der Waals surface area contributed by atoms with Gasteiger partial charge in [0.15, 0.2) is 6.10 Å². The molecule has 0 saturated heterocycles. The van der Waals surface area contributed by atoms with Crippen molar-refractivity contribution in [1.82, 2.24) is 5.43 Å². The van der Waals surface area contributed by atoms with Crippen LogP contribution in [0.2, 0.25) is 0 Å². The summed E-state index contributed by atoms with van der Waals surface area (Å²) in [7, 11) is 1.51. The number of rotatable bonds is 5. The Morgan fingerprint density at radius 3 is 2.25 bits per heavy atom. The number of carbonyl (C=O) groups is 1. The minimum atomic E-state index is -0.674. The number of amides is 1. The second kappa shape index (κ2) is 7.88. The first kappa shape index (κ1) is 17.9. The third-order valence-electron chi connectivity index (χ3n) is 3.74. The first-order valence-corrected chi connectivity index (χ1v) is 7.93. The molecular weight excluding hydrogens is 300 g/mol. The van der Waals surface area contributed by atoms with Gasteiger partial charge in [0.05, 0.1) is 6.21 Å². The molecule has 0 bridgehead atoms. The van der Waals surface area contributed by atoms with Crippen LogP contribution >= 0.6 is 0 Å². The molecule has 2 aromatic rings. The Kier molecular flexibility index (Phi) is 5.88. The molecule has 1 atom stereocenters. The summed E-state index contributed by atoms with van der Waals surface area (Å²) in [6, 6.07) is 17.5. The van der Waals surface area contributed by atoms with E-state index in [2.05, 4.69) is 43.4 Å². The summed E-state index contributed by atoms with van der Waals surface area (Å²) in [5.74, 6) is -0.300. The number of benzene rings is 2. The molecule has 0 unspecified atom stereocenters. The van der Waals surface area contributed by atoms with Crippen LogP contribution in [0.4, 0.5) is 0 Å². The van der Waals surface area contributed by atoms with E-state index in [1.807, 2.05) is 42.5 Å². The second-order valence-electron chi connectivity index (χ2n) is 6.63. The largest absolute Gasteiger partial charge is 0.367 e. The Morgan fingerprint density at radius 2 is 1.71 bits per heavy atom. The number of hydrazone groups is 1. The predicted octanol–water partition coefficient (Wildman–Crippen LogP) is 3.82. The molecule has 0 radical (unpaired) electrons. The minimum absolute atomic E-state index is 0.116. The number of nitrogens with zero attached hydrogens (tertiary/aromatic N) is 1. The van der Waals surface area contributed by atoms with Gasteiger partial charge in [0.2, 0.25) is 0 Å². The Labute approximate surface area is 143 Å². The van der Waals surface area contributed by atoms with Crippen molar-refractivity contribution < 1.29 is 9.53 Å².